The molecule has 0 atom stereocenters. The summed E-state index contributed by atoms with van der Waals surface area (Å²) in [7, 11) is 0. The molecule has 0 aromatic heterocycles. The first kappa shape index (κ1) is 20.4. The Morgan fingerprint density at radius 1 is 0.706 bits per heavy atom. The Hall–Kier alpha value is -4.17. The van der Waals surface area contributed by atoms with Crippen molar-refractivity contribution in [2.45, 2.75) is 13.0 Å². The van der Waals surface area contributed by atoms with Gasteiger partial charge in [-0.25, -0.2) is 0 Å². The number of hydrogen-bond acceptors (Lipinski definition) is 2. The number of hydrogen-bond donors (Lipinski definition) is 0. The van der Waals surface area contributed by atoms with Crippen LogP contribution >= 0.6 is 0 Å². The van der Waals surface area contributed by atoms with E-state index in [1.54, 1.807) is 0 Å². The van der Waals surface area contributed by atoms with Crippen molar-refractivity contribution in [1.29, 1.82) is 0 Å². The van der Waals surface area contributed by atoms with Crippen LogP contribution in [0.4, 0.5) is 0 Å². The molecule has 0 N–H and O–H groups in total. The van der Waals surface area contributed by atoms with Crippen molar-refractivity contribution < 1.29 is 4.74 Å². The molecular formula is C32H25NO. The molecule has 2 nitrogen and oxygen atoms in total. The quantitative estimate of drug-likeness (QED) is 0.258. The van der Waals surface area contributed by atoms with Crippen LogP contribution in [-0.2, 0) is 13.0 Å². The Bertz CT molecular complexity index is 1490. The molecule has 0 spiro atoms. The van der Waals surface area contributed by atoms with Gasteiger partial charge in [0.1, 0.15) is 12.4 Å². The van der Waals surface area contributed by atoms with Gasteiger partial charge in [0.05, 0.1) is 5.71 Å². The number of fused-ring (bicyclic) bond motifs is 3. The highest BCUT2D eigenvalue weighted by atomic mass is 16.5. The van der Waals surface area contributed by atoms with Crippen molar-refractivity contribution >= 4 is 33.3 Å². The van der Waals surface area contributed by atoms with E-state index in [2.05, 4.69) is 97.1 Å². The minimum atomic E-state index is 0.578. The molecule has 1 heterocycles. The van der Waals surface area contributed by atoms with E-state index in [1.165, 1.54) is 43.8 Å². The van der Waals surface area contributed by atoms with E-state index in [0.29, 0.717) is 6.61 Å². The number of rotatable bonds is 5. The van der Waals surface area contributed by atoms with Gasteiger partial charge in [-0.2, -0.15) is 0 Å². The lowest BCUT2D eigenvalue weighted by Gasteiger charge is -2.17. The van der Waals surface area contributed by atoms with Gasteiger partial charge in [0.25, 0.3) is 0 Å². The summed E-state index contributed by atoms with van der Waals surface area (Å²) in [6, 6.07) is 36.1. The molecule has 0 amide bonds. The van der Waals surface area contributed by atoms with Gasteiger partial charge in [-0.05, 0) is 75.0 Å². The van der Waals surface area contributed by atoms with Gasteiger partial charge in [-0.15, -0.1) is 0 Å². The van der Waals surface area contributed by atoms with Crippen LogP contribution in [0.25, 0.3) is 27.6 Å². The van der Waals surface area contributed by atoms with Crippen molar-refractivity contribution in [3.8, 4) is 5.75 Å². The van der Waals surface area contributed by atoms with Crippen LogP contribution in [0.2, 0.25) is 0 Å². The second-order valence-corrected chi connectivity index (χ2v) is 8.68. The first-order chi connectivity index (χ1) is 16.8. The van der Waals surface area contributed by atoms with E-state index >= 15 is 0 Å². The van der Waals surface area contributed by atoms with E-state index in [-0.39, 0.29) is 0 Å². The number of nitrogens with zero attached hydrogens (tertiary/aromatic N) is 1. The van der Waals surface area contributed by atoms with Crippen LogP contribution in [0, 0.1) is 0 Å². The average molecular weight is 440 g/mol. The van der Waals surface area contributed by atoms with Gasteiger partial charge in [-0.3, -0.25) is 4.99 Å². The fraction of sp³-hybridized carbons (Fsp3) is 0.0938. The van der Waals surface area contributed by atoms with E-state index in [1.807, 2.05) is 18.2 Å². The molecular weight excluding hydrogens is 414 g/mol. The van der Waals surface area contributed by atoms with Crippen molar-refractivity contribution in [1.82, 2.24) is 0 Å². The highest BCUT2D eigenvalue weighted by molar-refractivity contribution is 6.15. The van der Waals surface area contributed by atoms with E-state index < -0.39 is 0 Å². The van der Waals surface area contributed by atoms with E-state index in [9.17, 15) is 0 Å². The van der Waals surface area contributed by atoms with Crippen molar-refractivity contribution in [2.75, 3.05) is 6.54 Å². The van der Waals surface area contributed by atoms with Crippen molar-refractivity contribution in [2.24, 2.45) is 4.99 Å². The third-order valence-electron chi connectivity index (χ3n) is 6.49. The molecule has 164 valence electrons. The lowest BCUT2D eigenvalue weighted by atomic mass is 9.94. The molecule has 0 unspecified atom stereocenters. The molecule has 0 radical (unpaired) electrons. The summed E-state index contributed by atoms with van der Waals surface area (Å²) >= 11 is 0. The standard InChI is InChI=1S/C32H25NO/c1-2-8-23(9-3-1)22-34-27-14-15-30-26(21-27)18-19-33-32(30)17-16-31-28-12-6-4-10-24(28)20-25-11-5-7-13-29(25)31/h1-17,20-21H,18-19,22H2/b17-16+. The molecule has 34 heavy (non-hydrogen) atoms. The summed E-state index contributed by atoms with van der Waals surface area (Å²) in [5.41, 5.74) is 5.94. The van der Waals surface area contributed by atoms with Crippen LogP contribution in [-0.4, -0.2) is 12.3 Å². The predicted octanol–water partition coefficient (Wildman–Crippen LogP) is 7.63. The van der Waals surface area contributed by atoms with Gasteiger partial charge < -0.3 is 4.74 Å². The molecule has 1 aliphatic rings. The van der Waals surface area contributed by atoms with Crippen LogP contribution < -0.4 is 4.74 Å². The number of benzene rings is 5. The molecule has 2 heteroatoms. The first-order valence-corrected chi connectivity index (χ1v) is 11.8. The summed E-state index contributed by atoms with van der Waals surface area (Å²) in [4.78, 5) is 4.86. The highest BCUT2D eigenvalue weighted by Gasteiger charge is 2.14. The van der Waals surface area contributed by atoms with Gasteiger partial charge in [0.15, 0.2) is 0 Å². The van der Waals surface area contributed by atoms with E-state index in [0.717, 1.165) is 24.4 Å². The average Bonchev–Trinajstić information content (AvgIpc) is 2.90. The van der Waals surface area contributed by atoms with Crippen LogP contribution in [0.15, 0.2) is 114 Å². The van der Waals surface area contributed by atoms with Crippen LogP contribution in [0.1, 0.15) is 22.3 Å². The van der Waals surface area contributed by atoms with Gasteiger partial charge in [0, 0.05) is 12.1 Å². The zero-order valence-electron chi connectivity index (χ0n) is 18.9. The monoisotopic (exact) mass is 439 g/mol. The zero-order chi connectivity index (χ0) is 22.7. The van der Waals surface area contributed by atoms with Gasteiger partial charge >= 0.3 is 0 Å². The molecule has 1 aliphatic heterocycles. The summed E-state index contributed by atoms with van der Waals surface area (Å²) in [5.74, 6) is 0.910. The third kappa shape index (κ3) is 3.99. The maximum atomic E-state index is 6.06. The largest absolute Gasteiger partial charge is 0.489 e. The maximum absolute atomic E-state index is 6.06. The Labute approximate surface area is 199 Å². The Morgan fingerprint density at radius 2 is 1.41 bits per heavy atom. The maximum Gasteiger partial charge on any atom is 0.120 e. The Balaban J connectivity index is 1.32. The molecule has 0 saturated carbocycles. The van der Waals surface area contributed by atoms with Gasteiger partial charge in [-0.1, -0.05) is 84.9 Å². The van der Waals surface area contributed by atoms with Crippen LogP contribution in [0.3, 0.4) is 0 Å². The third-order valence-corrected chi connectivity index (χ3v) is 6.49. The summed E-state index contributed by atoms with van der Waals surface area (Å²) in [6.07, 6.45) is 5.35. The number of allylic oxidation sites excluding steroid dienone is 1. The summed E-state index contributed by atoms with van der Waals surface area (Å²) in [5, 5.41) is 5.04. The normalized spacial score (nSPS) is 13.2. The molecule has 0 fully saturated rings. The fourth-order valence-corrected chi connectivity index (χ4v) is 4.77. The molecule has 0 aliphatic carbocycles. The SMILES string of the molecule is C(=C\c1c2ccccc2cc2ccccc12)/C1=NCCc2cc(OCc3ccccc3)ccc21. The molecule has 0 bridgehead atoms. The second-order valence-electron chi connectivity index (χ2n) is 8.68. The minimum absolute atomic E-state index is 0.578. The second kappa shape index (κ2) is 8.99. The zero-order valence-corrected chi connectivity index (χ0v) is 18.9. The molecule has 0 saturated heterocycles. The topological polar surface area (TPSA) is 21.6 Å². The Kier molecular flexibility index (Phi) is 5.41. The fourth-order valence-electron chi connectivity index (χ4n) is 4.77. The first-order valence-electron chi connectivity index (χ1n) is 11.8. The smallest absolute Gasteiger partial charge is 0.120 e. The number of aliphatic imine (C=N–C) groups is 1. The summed E-state index contributed by atoms with van der Waals surface area (Å²) in [6.45, 7) is 1.37. The van der Waals surface area contributed by atoms with E-state index in [4.69, 9.17) is 9.73 Å². The lowest BCUT2D eigenvalue weighted by Crippen LogP contribution is -2.11. The molecule has 6 rings (SSSR count). The minimum Gasteiger partial charge on any atom is -0.489 e. The van der Waals surface area contributed by atoms with Crippen molar-refractivity contribution in [3.63, 3.8) is 0 Å². The Morgan fingerprint density at radius 3 is 2.18 bits per heavy atom. The summed E-state index contributed by atoms with van der Waals surface area (Å²) < 4.78 is 6.06. The molecule has 5 aromatic rings. The number of ether oxygens (including phenoxy) is 1. The van der Waals surface area contributed by atoms with Crippen molar-refractivity contribution in [3.05, 3.63) is 131 Å². The van der Waals surface area contributed by atoms with Gasteiger partial charge in [0.2, 0.25) is 0 Å². The lowest BCUT2D eigenvalue weighted by molar-refractivity contribution is 0.306. The highest BCUT2D eigenvalue weighted by Crippen LogP contribution is 2.30. The molecule has 5 aromatic carbocycles. The predicted molar refractivity (Wildman–Crippen MR) is 143 cm³/mol. The van der Waals surface area contributed by atoms with Crippen LogP contribution in [0.5, 0.6) is 5.75 Å².